The molecule has 3 heteroatoms. The average Bonchev–Trinajstić information content (AvgIpc) is 3.09. The summed E-state index contributed by atoms with van der Waals surface area (Å²) in [5.41, 5.74) is 1.14. The predicted octanol–water partition coefficient (Wildman–Crippen LogP) is 2.22. The smallest absolute Gasteiger partial charge is 0.255 e. The fourth-order valence-electron chi connectivity index (χ4n) is 3.80. The van der Waals surface area contributed by atoms with Crippen LogP contribution in [0.2, 0.25) is 0 Å². The van der Waals surface area contributed by atoms with Gasteiger partial charge in [-0.25, -0.2) is 0 Å². The molecule has 3 atom stereocenters. The number of carbonyl (C=O) groups excluding carboxylic acids is 1. The van der Waals surface area contributed by atoms with Crippen molar-refractivity contribution in [3.8, 4) is 0 Å². The first kappa shape index (κ1) is 13.5. The number of rotatable bonds is 4. The summed E-state index contributed by atoms with van der Waals surface area (Å²) in [6.07, 6.45) is 0.839. The second-order valence-electron chi connectivity index (χ2n) is 6.31. The van der Waals surface area contributed by atoms with Crippen molar-refractivity contribution in [2.45, 2.75) is 17.9 Å². The number of likely N-dealkylation sites (tertiary alicyclic amines) is 1. The molecule has 1 aliphatic heterocycles. The van der Waals surface area contributed by atoms with Crippen LogP contribution in [-0.4, -0.2) is 34.6 Å². The van der Waals surface area contributed by atoms with E-state index >= 15 is 0 Å². The molecular weight excluding hydrogens is 274 g/mol. The summed E-state index contributed by atoms with van der Waals surface area (Å²) in [4.78, 5) is 14.4. The van der Waals surface area contributed by atoms with Crippen molar-refractivity contribution in [3.05, 3.63) is 71.8 Å². The van der Waals surface area contributed by atoms with Crippen molar-refractivity contribution >= 4 is 5.91 Å². The van der Waals surface area contributed by atoms with Crippen molar-refractivity contribution in [1.82, 2.24) is 4.90 Å². The van der Waals surface area contributed by atoms with Gasteiger partial charge < -0.3 is 10.0 Å². The monoisotopic (exact) mass is 293 g/mol. The molecule has 2 fully saturated rings. The summed E-state index contributed by atoms with van der Waals surface area (Å²) in [7, 11) is 0. The van der Waals surface area contributed by atoms with E-state index in [1.807, 2.05) is 53.4 Å². The first-order chi connectivity index (χ1) is 10.7. The van der Waals surface area contributed by atoms with Gasteiger partial charge in [0.05, 0.1) is 0 Å². The fourth-order valence-corrected chi connectivity index (χ4v) is 3.80. The molecule has 4 rings (SSSR count). The van der Waals surface area contributed by atoms with E-state index in [1.54, 1.807) is 0 Å². The lowest BCUT2D eigenvalue weighted by molar-refractivity contribution is -0.138. The van der Waals surface area contributed by atoms with E-state index < -0.39 is 5.60 Å². The zero-order chi connectivity index (χ0) is 15.2. The number of piperidine rings is 1. The molecule has 3 nitrogen and oxygen atoms in total. The third-order valence-corrected chi connectivity index (χ3v) is 5.05. The van der Waals surface area contributed by atoms with Crippen LogP contribution >= 0.6 is 0 Å². The Balaban J connectivity index is 1.43. The summed E-state index contributed by atoms with van der Waals surface area (Å²) < 4.78 is 0. The van der Waals surface area contributed by atoms with Crippen LogP contribution in [0.5, 0.6) is 0 Å². The van der Waals surface area contributed by atoms with Crippen LogP contribution in [0, 0.1) is 5.92 Å². The molecule has 2 aromatic carbocycles. The van der Waals surface area contributed by atoms with Gasteiger partial charge in [-0.2, -0.15) is 0 Å². The molecule has 1 heterocycles. The number of benzene rings is 2. The molecule has 1 saturated carbocycles. The Morgan fingerprint density at radius 2 is 1.68 bits per heavy atom. The Hall–Kier alpha value is -2.13. The van der Waals surface area contributed by atoms with Gasteiger partial charge in [0.25, 0.3) is 5.91 Å². The third-order valence-electron chi connectivity index (χ3n) is 5.05. The van der Waals surface area contributed by atoms with E-state index in [9.17, 15) is 9.90 Å². The van der Waals surface area contributed by atoms with Gasteiger partial charge in [0.15, 0.2) is 5.60 Å². The fraction of sp³-hybridized carbons (Fsp3) is 0.316. The van der Waals surface area contributed by atoms with E-state index in [4.69, 9.17) is 0 Å². The minimum atomic E-state index is -1.15. The number of hydrogen-bond acceptors (Lipinski definition) is 2. The van der Waals surface area contributed by atoms with Gasteiger partial charge in [0.2, 0.25) is 0 Å². The molecule has 0 radical (unpaired) electrons. The number of amides is 1. The normalized spacial score (nSPS) is 29.5. The predicted molar refractivity (Wildman–Crippen MR) is 84.3 cm³/mol. The van der Waals surface area contributed by atoms with Gasteiger partial charge in [-0.15, -0.1) is 0 Å². The van der Waals surface area contributed by atoms with Gasteiger partial charge in [-0.1, -0.05) is 60.7 Å². The van der Waals surface area contributed by atoms with Gasteiger partial charge >= 0.3 is 0 Å². The molecule has 112 valence electrons. The van der Waals surface area contributed by atoms with E-state index in [2.05, 4.69) is 12.1 Å². The lowest BCUT2D eigenvalue weighted by Crippen LogP contribution is -2.37. The Morgan fingerprint density at radius 1 is 1.05 bits per heavy atom. The largest absolute Gasteiger partial charge is 0.379 e. The number of fused-ring (bicyclic) bond motifs is 1. The molecule has 2 aliphatic rings. The number of nitrogens with zero attached hydrogens (tertiary/aromatic N) is 1. The topological polar surface area (TPSA) is 40.5 Å². The molecular formula is C19H19NO2. The van der Waals surface area contributed by atoms with Crippen molar-refractivity contribution < 1.29 is 9.90 Å². The Morgan fingerprint density at radius 3 is 2.27 bits per heavy atom. The van der Waals surface area contributed by atoms with Crippen LogP contribution in [0.4, 0.5) is 0 Å². The molecule has 1 amide bonds. The minimum absolute atomic E-state index is 0.0193. The highest BCUT2D eigenvalue weighted by molar-refractivity contribution is 5.94. The molecule has 0 spiro atoms. The number of carbonyl (C=O) groups is 1. The van der Waals surface area contributed by atoms with Crippen LogP contribution in [0.3, 0.4) is 0 Å². The highest BCUT2D eigenvalue weighted by atomic mass is 16.3. The van der Waals surface area contributed by atoms with Gasteiger partial charge in [0, 0.05) is 24.9 Å². The molecule has 0 bridgehead atoms. The van der Waals surface area contributed by atoms with E-state index in [-0.39, 0.29) is 17.7 Å². The minimum Gasteiger partial charge on any atom is -0.379 e. The summed E-state index contributed by atoms with van der Waals surface area (Å²) in [5, 5.41) is 10.7. The summed E-state index contributed by atoms with van der Waals surface area (Å²) >= 11 is 0. The lowest BCUT2D eigenvalue weighted by atomic mass is 10.1. The molecule has 22 heavy (non-hydrogen) atoms. The van der Waals surface area contributed by atoms with E-state index in [1.165, 1.54) is 5.56 Å². The second-order valence-corrected chi connectivity index (χ2v) is 6.31. The second kappa shape index (κ2) is 4.96. The average molecular weight is 293 g/mol. The maximum absolute atomic E-state index is 12.5. The van der Waals surface area contributed by atoms with Crippen molar-refractivity contribution in [2.24, 2.45) is 5.92 Å². The summed E-state index contributed by atoms with van der Waals surface area (Å²) in [6, 6.07) is 20.0. The van der Waals surface area contributed by atoms with E-state index in [0.717, 1.165) is 12.0 Å². The lowest BCUT2D eigenvalue weighted by Gasteiger charge is -2.21. The standard InChI is InChI=1S/C19H19NO2/c21-18-19(22)16(17(19)15-9-5-2-6-10-15)13-20(18)12-11-14-7-3-1-4-8-14/h1-10,16-17,22H,11-13H2. The third kappa shape index (κ3) is 1.97. The zero-order valence-electron chi connectivity index (χ0n) is 12.4. The van der Waals surface area contributed by atoms with Gasteiger partial charge in [-0.3, -0.25) is 4.79 Å². The van der Waals surface area contributed by atoms with Crippen LogP contribution < -0.4 is 0 Å². The summed E-state index contributed by atoms with van der Waals surface area (Å²) in [5.74, 6) is -0.0605. The van der Waals surface area contributed by atoms with Crippen molar-refractivity contribution in [2.75, 3.05) is 13.1 Å². The first-order valence-electron chi connectivity index (χ1n) is 7.82. The highest BCUT2D eigenvalue weighted by Crippen LogP contribution is 2.62. The molecule has 3 unspecified atom stereocenters. The van der Waals surface area contributed by atoms with Crippen LogP contribution in [0.1, 0.15) is 17.0 Å². The Labute approximate surface area is 130 Å². The van der Waals surface area contributed by atoms with E-state index in [0.29, 0.717) is 13.1 Å². The van der Waals surface area contributed by atoms with Crippen molar-refractivity contribution in [3.63, 3.8) is 0 Å². The Bertz CT molecular complexity index is 685. The van der Waals surface area contributed by atoms with Crippen LogP contribution in [-0.2, 0) is 11.2 Å². The molecule has 0 aromatic heterocycles. The highest BCUT2D eigenvalue weighted by Gasteiger charge is 2.74. The maximum atomic E-state index is 12.5. The Kier molecular flexibility index (Phi) is 3.05. The summed E-state index contributed by atoms with van der Waals surface area (Å²) in [6.45, 7) is 1.35. The molecule has 1 saturated heterocycles. The maximum Gasteiger partial charge on any atom is 0.255 e. The SMILES string of the molecule is O=C1N(CCc2ccccc2)CC2C(c3ccccc3)C12O. The molecule has 1 N–H and O–H groups in total. The van der Waals surface area contributed by atoms with Gasteiger partial charge in [0.1, 0.15) is 0 Å². The first-order valence-corrected chi connectivity index (χ1v) is 7.82. The number of hydrogen-bond donors (Lipinski definition) is 1. The van der Waals surface area contributed by atoms with Crippen LogP contribution in [0.25, 0.3) is 0 Å². The number of aliphatic hydroxyl groups is 1. The molecule has 1 aliphatic carbocycles. The van der Waals surface area contributed by atoms with Crippen LogP contribution in [0.15, 0.2) is 60.7 Å². The van der Waals surface area contributed by atoms with Crippen molar-refractivity contribution in [1.29, 1.82) is 0 Å². The molecule has 2 aromatic rings. The quantitative estimate of drug-likeness (QED) is 0.939. The van der Waals surface area contributed by atoms with Gasteiger partial charge in [-0.05, 0) is 17.5 Å². The zero-order valence-corrected chi connectivity index (χ0v) is 12.4.